The molecule has 3 aromatic rings. The number of anilines is 1. The third kappa shape index (κ3) is 5.88. The van der Waals surface area contributed by atoms with Gasteiger partial charge in [0.25, 0.3) is 0 Å². The molecule has 4 rings (SSSR count). The molecule has 0 radical (unpaired) electrons. The van der Waals surface area contributed by atoms with Crippen molar-refractivity contribution in [1.29, 1.82) is 0 Å². The Kier molecular flexibility index (Phi) is 7.67. The predicted octanol–water partition coefficient (Wildman–Crippen LogP) is 5.28. The van der Waals surface area contributed by atoms with Crippen molar-refractivity contribution >= 4 is 32.4 Å². The van der Waals surface area contributed by atoms with Crippen molar-refractivity contribution in [2.75, 3.05) is 11.9 Å². The van der Waals surface area contributed by atoms with E-state index in [9.17, 15) is 26.4 Å². The van der Waals surface area contributed by atoms with Crippen molar-refractivity contribution in [2.24, 2.45) is 5.92 Å². The summed E-state index contributed by atoms with van der Waals surface area (Å²) in [7, 11) is -5.75. The third-order valence-corrected chi connectivity index (χ3v) is 7.95. The Bertz CT molecular complexity index is 1330. The van der Waals surface area contributed by atoms with Crippen LogP contribution in [0.4, 0.5) is 18.2 Å². The molecule has 1 aliphatic rings. The second-order valence-corrected chi connectivity index (χ2v) is 11.0. The molecule has 2 aromatic heterocycles. The Morgan fingerprint density at radius 2 is 2.06 bits per heavy atom. The van der Waals surface area contributed by atoms with E-state index in [0.717, 1.165) is 16.1 Å². The number of carbonyl (C=O) groups excluding carboxylic acids is 1. The molecular weight excluding hydrogens is 515 g/mol. The molecule has 3 heterocycles. The molecule has 2 unspecified atom stereocenters. The Labute approximate surface area is 210 Å². The molecule has 2 atom stereocenters. The molecule has 0 fully saturated rings. The Morgan fingerprint density at radius 1 is 1.25 bits per heavy atom. The average Bonchev–Trinajstić information content (AvgIpc) is 3.30. The lowest BCUT2D eigenvalue weighted by Crippen LogP contribution is -2.32. The zero-order chi connectivity index (χ0) is 25.9. The van der Waals surface area contributed by atoms with Gasteiger partial charge in [0.1, 0.15) is 5.75 Å². The van der Waals surface area contributed by atoms with Crippen LogP contribution in [-0.4, -0.2) is 31.4 Å². The maximum absolute atomic E-state index is 13.0. The van der Waals surface area contributed by atoms with Gasteiger partial charge in [0.15, 0.2) is 0 Å². The van der Waals surface area contributed by atoms with Crippen molar-refractivity contribution in [1.82, 2.24) is 10.3 Å². The van der Waals surface area contributed by atoms with Gasteiger partial charge in [-0.3, -0.25) is 9.78 Å². The standard InChI is InChI=1S/C24H24F3N3O4S2/c1-2-15(23(31)30-22-9-8-21(35-22)20-5-3-4-10-29-20)11-16-13-28-14-17-12-18(6-7-19(16)17)34-36(32,33)24(25,26)27/h3-10,12,15-16,28H,2,11,13-14H2,1H3,(H,30,31). The number of pyridine rings is 1. The number of halogens is 3. The van der Waals surface area contributed by atoms with Gasteiger partial charge in [-0.2, -0.15) is 21.6 Å². The van der Waals surface area contributed by atoms with Gasteiger partial charge in [0.2, 0.25) is 5.91 Å². The molecule has 0 saturated heterocycles. The predicted molar refractivity (Wildman–Crippen MR) is 131 cm³/mol. The number of carbonyl (C=O) groups is 1. The van der Waals surface area contributed by atoms with Crippen molar-refractivity contribution in [3.63, 3.8) is 0 Å². The number of fused-ring (bicyclic) bond motifs is 1. The van der Waals surface area contributed by atoms with Crippen molar-refractivity contribution < 1.29 is 30.6 Å². The minimum Gasteiger partial charge on any atom is -0.376 e. The second-order valence-electron chi connectivity index (χ2n) is 8.38. The highest BCUT2D eigenvalue weighted by Gasteiger charge is 2.48. The summed E-state index contributed by atoms with van der Waals surface area (Å²) >= 11 is 1.43. The van der Waals surface area contributed by atoms with Gasteiger partial charge in [0, 0.05) is 25.2 Å². The first-order chi connectivity index (χ1) is 17.1. The zero-order valence-electron chi connectivity index (χ0n) is 19.2. The molecule has 7 nitrogen and oxygen atoms in total. The highest BCUT2D eigenvalue weighted by atomic mass is 32.2. The minimum absolute atomic E-state index is 0.0786. The number of hydrogen-bond donors (Lipinski definition) is 2. The molecule has 1 aliphatic heterocycles. The van der Waals surface area contributed by atoms with Crippen LogP contribution in [0, 0.1) is 5.92 Å². The van der Waals surface area contributed by atoms with E-state index in [0.29, 0.717) is 36.5 Å². The number of thiophene rings is 1. The summed E-state index contributed by atoms with van der Waals surface area (Å²) < 4.78 is 64.9. The Morgan fingerprint density at radius 3 is 2.75 bits per heavy atom. The summed E-state index contributed by atoms with van der Waals surface area (Å²) in [5.41, 5.74) is -3.20. The molecule has 0 saturated carbocycles. The monoisotopic (exact) mass is 539 g/mol. The van der Waals surface area contributed by atoms with Crippen LogP contribution in [0.3, 0.4) is 0 Å². The van der Waals surface area contributed by atoms with Crippen LogP contribution in [0.1, 0.15) is 36.8 Å². The summed E-state index contributed by atoms with van der Waals surface area (Å²) in [6.07, 6.45) is 2.82. The van der Waals surface area contributed by atoms with Gasteiger partial charge < -0.3 is 14.8 Å². The Hall–Kier alpha value is -2.96. The zero-order valence-corrected chi connectivity index (χ0v) is 20.8. The SMILES string of the molecule is CCC(CC1CNCc2cc(OS(=O)(=O)C(F)(F)F)ccc21)C(=O)Nc1ccc(-c2ccccn2)s1. The number of aromatic nitrogens is 1. The quantitative estimate of drug-likeness (QED) is 0.299. The lowest BCUT2D eigenvalue weighted by atomic mass is 9.83. The van der Waals surface area contributed by atoms with E-state index >= 15 is 0 Å². The molecule has 0 aliphatic carbocycles. The highest BCUT2D eigenvalue weighted by molar-refractivity contribution is 7.88. The molecular formula is C24H24F3N3O4S2. The fourth-order valence-corrected chi connectivity index (χ4v) is 5.48. The molecule has 12 heteroatoms. The summed E-state index contributed by atoms with van der Waals surface area (Å²) in [6.45, 7) is 2.86. The first-order valence-electron chi connectivity index (χ1n) is 11.2. The van der Waals surface area contributed by atoms with Crippen LogP contribution in [0.15, 0.2) is 54.7 Å². The van der Waals surface area contributed by atoms with Crippen LogP contribution in [-0.2, 0) is 21.5 Å². The van der Waals surface area contributed by atoms with Crippen LogP contribution >= 0.6 is 11.3 Å². The number of benzene rings is 1. The fraction of sp³-hybridized carbons (Fsp3) is 0.333. The van der Waals surface area contributed by atoms with Gasteiger partial charge in [-0.05, 0) is 66.3 Å². The number of nitrogens with zero attached hydrogens (tertiary/aromatic N) is 1. The van der Waals surface area contributed by atoms with E-state index in [4.69, 9.17) is 0 Å². The molecule has 0 spiro atoms. The second kappa shape index (κ2) is 10.6. The molecule has 1 aromatic carbocycles. The smallest absolute Gasteiger partial charge is 0.376 e. The fourth-order valence-electron chi connectivity index (χ4n) is 4.14. The lowest BCUT2D eigenvalue weighted by molar-refractivity contribution is -0.120. The lowest BCUT2D eigenvalue weighted by Gasteiger charge is -2.29. The number of nitrogens with one attached hydrogen (secondary N) is 2. The van der Waals surface area contributed by atoms with Crippen LogP contribution < -0.4 is 14.8 Å². The van der Waals surface area contributed by atoms with E-state index in [1.165, 1.54) is 23.5 Å². The molecule has 2 N–H and O–H groups in total. The van der Waals surface area contributed by atoms with Crippen molar-refractivity contribution in [3.05, 3.63) is 65.9 Å². The van der Waals surface area contributed by atoms with E-state index < -0.39 is 21.4 Å². The summed E-state index contributed by atoms with van der Waals surface area (Å²) in [5, 5.41) is 6.89. The summed E-state index contributed by atoms with van der Waals surface area (Å²) in [6, 6.07) is 13.5. The maximum Gasteiger partial charge on any atom is 0.534 e. The number of hydrogen-bond acceptors (Lipinski definition) is 7. The van der Waals surface area contributed by atoms with E-state index in [2.05, 4.69) is 19.8 Å². The van der Waals surface area contributed by atoms with Gasteiger partial charge in [-0.15, -0.1) is 11.3 Å². The van der Waals surface area contributed by atoms with E-state index in [1.54, 1.807) is 12.3 Å². The van der Waals surface area contributed by atoms with Gasteiger partial charge >= 0.3 is 15.6 Å². The first-order valence-corrected chi connectivity index (χ1v) is 13.5. The topological polar surface area (TPSA) is 97.4 Å². The maximum atomic E-state index is 13.0. The van der Waals surface area contributed by atoms with E-state index in [-0.39, 0.29) is 17.7 Å². The summed E-state index contributed by atoms with van der Waals surface area (Å²) in [5.74, 6) is -0.898. The normalized spacial score (nSPS) is 16.7. The van der Waals surface area contributed by atoms with Gasteiger partial charge in [0.05, 0.1) is 15.6 Å². The molecule has 36 heavy (non-hydrogen) atoms. The largest absolute Gasteiger partial charge is 0.534 e. The van der Waals surface area contributed by atoms with Crippen LogP contribution in [0.5, 0.6) is 5.75 Å². The van der Waals surface area contributed by atoms with Gasteiger partial charge in [-0.25, -0.2) is 0 Å². The van der Waals surface area contributed by atoms with Gasteiger partial charge in [-0.1, -0.05) is 19.1 Å². The highest BCUT2D eigenvalue weighted by Crippen LogP contribution is 2.35. The van der Waals surface area contributed by atoms with Crippen molar-refractivity contribution in [2.45, 2.75) is 37.7 Å². The van der Waals surface area contributed by atoms with Crippen LogP contribution in [0.25, 0.3) is 10.6 Å². The molecule has 192 valence electrons. The number of amides is 1. The number of rotatable bonds is 8. The Balaban J connectivity index is 1.44. The van der Waals surface area contributed by atoms with Crippen LogP contribution in [0.2, 0.25) is 0 Å². The summed E-state index contributed by atoms with van der Waals surface area (Å²) in [4.78, 5) is 18.3. The molecule has 1 amide bonds. The van der Waals surface area contributed by atoms with E-state index in [1.807, 2.05) is 37.3 Å². The first kappa shape index (κ1) is 26.1. The minimum atomic E-state index is -5.75. The van der Waals surface area contributed by atoms with Crippen molar-refractivity contribution in [3.8, 4) is 16.3 Å². The average molecular weight is 540 g/mol. The third-order valence-electron chi connectivity index (χ3n) is 5.95. The molecule has 0 bridgehead atoms. The number of alkyl halides is 3.